The Morgan fingerprint density at radius 2 is 1.70 bits per heavy atom. The van der Waals surface area contributed by atoms with E-state index in [1.807, 2.05) is 37.3 Å². The minimum absolute atomic E-state index is 0.269. The van der Waals surface area contributed by atoms with E-state index in [1.54, 1.807) is 13.3 Å². The number of aromatic nitrogens is 2. The molecule has 8 nitrogen and oxygen atoms in total. The lowest BCUT2D eigenvalue weighted by Gasteiger charge is -2.42. The molecule has 3 heterocycles. The first-order chi connectivity index (χ1) is 19.1. The second-order valence-corrected chi connectivity index (χ2v) is 14.8. The molecule has 0 radical (unpaired) electrons. The molecular weight excluding hydrogens is 548 g/mol. The molecule has 0 atom stereocenters. The Morgan fingerprint density at radius 1 is 1.00 bits per heavy atom. The van der Waals surface area contributed by atoms with Crippen LogP contribution in [-0.2, 0) is 4.57 Å². The van der Waals surface area contributed by atoms with Gasteiger partial charge < -0.3 is 25.0 Å². The maximum atomic E-state index is 15.4. The SMILES string of the molecule is Cc1cc(N2CCC(N3CCN(C)CC3)CC2)c(F)cc1Nc1ncc(Cl)c(Nc2ccccc2P(C)(C)=O)n1. The average molecular weight is 586 g/mol. The predicted octanol–water partition coefficient (Wildman–Crippen LogP) is 5.53. The van der Waals surface area contributed by atoms with Crippen LogP contribution in [0.15, 0.2) is 42.6 Å². The minimum Gasteiger partial charge on any atom is -0.369 e. The van der Waals surface area contributed by atoms with Crippen LogP contribution < -0.4 is 20.8 Å². The first kappa shape index (κ1) is 28.8. The predicted molar refractivity (Wildman–Crippen MR) is 165 cm³/mol. The van der Waals surface area contributed by atoms with Gasteiger partial charge in [0.2, 0.25) is 5.95 Å². The highest BCUT2D eigenvalue weighted by atomic mass is 35.5. The van der Waals surface area contributed by atoms with Crippen molar-refractivity contribution in [3.8, 4) is 0 Å². The standard InChI is InChI=1S/C29H38ClFN7OP/c1-20-17-26(38-11-9-21(10-12-38)37-15-13-36(2)14-16-37)23(31)18-25(20)34-29-32-19-22(30)28(35-29)33-24-7-5-6-8-27(24)40(3,4)39/h5-8,17-19,21H,9-16H2,1-4H3,(H2,32,33,34,35). The third-order valence-electron chi connectivity index (χ3n) is 7.88. The van der Waals surface area contributed by atoms with Gasteiger partial charge in [0.15, 0.2) is 5.82 Å². The van der Waals surface area contributed by atoms with Crippen molar-refractivity contribution in [2.75, 3.05) is 75.2 Å². The Balaban J connectivity index is 1.28. The van der Waals surface area contributed by atoms with Crippen molar-refractivity contribution in [1.82, 2.24) is 19.8 Å². The molecule has 11 heteroatoms. The zero-order chi connectivity index (χ0) is 28.4. The van der Waals surface area contributed by atoms with Gasteiger partial charge in [-0.3, -0.25) is 4.90 Å². The van der Waals surface area contributed by atoms with Crippen molar-refractivity contribution >= 4 is 52.9 Å². The lowest BCUT2D eigenvalue weighted by molar-refractivity contribution is 0.0981. The van der Waals surface area contributed by atoms with Gasteiger partial charge in [0, 0.05) is 56.3 Å². The van der Waals surface area contributed by atoms with Crippen LogP contribution >= 0.6 is 18.7 Å². The van der Waals surface area contributed by atoms with Crippen LogP contribution in [0, 0.1) is 12.7 Å². The summed E-state index contributed by atoms with van der Waals surface area (Å²) < 4.78 is 28.2. The maximum Gasteiger partial charge on any atom is 0.229 e. The van der Waals surface area contributed by atoms with Gasteiger partial charge in [0.1, 0.15) is 18.0 Å². The monoisotopic (exact) mass is 585 g/mol. The van der Waals surface area contributed by atoms with E-state index in [4.69, 9.17) is 11.6 Å². The summed E-state index contributed by atoms with van der Waals surface area (Å²) in [6, 6.07) is 11.4. The van der Waals surface area contributed by atoms with E-state index < -0.39 is 7.14 Å². The molecule has 2 N–H and O–H groups in total. The van der Waals surface area contributed by atoms with E-state index in [0.717, 1.165) is 57.7 Å². The quantitative estimate of drug-likeness (QED) is 0.351. The number of likely N-dealkylation sites (N-methyl/N-ethyl adjacent to an activating group) is 1. The molecule has 2 saturated heterocycles. The summed E-state index contributed by atoms with van der Waals surface area (Å²) in [5, 5.41) is 7.38. The van der Waals surface area contributed by atoms with Crippen LogP contribution in [0.1, 0.15) is 18.4 Å². The summed E-state index contributed by atoms with van der Waals surface area (Å²) in [5.74, 6) is 0.385. The van der Waals surface area contributed by atoms with E-state index in [2.05, 4.69) is 42.3 Å². The third-order valence-corrected chi connectivity index (χ3v) is 9.71. The number of hydrogen-bond acceptors (Lipinski definition) is 8. The normalized spacial score (nSPS) is 17.7. The first-order valence-electron chi connectivity index (χ1n) is 13.8. The highest BCUT2D eigenvalue weighted by Gasteiger charge is 2.28. The van der Waals surface area contributed by atoms with Gasteiger partial charge in [-0.1, -0.05) is 23.7 Å². The summed E-state index contributed by atoms with van der Waals surface area (Å²) >= 11 is 6.39. The fourth-order valence-electron chi connectivity index (χ4n) is 5.51. The van der Waals surface area contributed by atoms with E-state index in [9.17, 15) is 4.57 Å². The van der Waals surface area contributed by atoms with Crippen LogP contribution in [0.3, 0.4) is 0 Å². The van der Waals surface area contributed by atoms with Crippen LogP contribution in [-0.4, -0.2) is 85.5 Å². The third kappa shape index (κ3) is 6.60. The molecule has 0 bridgehead atoms. The van der Waals surface area contributed by atoms with E-state index in [1.165, 1.54) is 12.3 Å². The largest absolute Gasteiger partial charge is 0.369 e. The fourth-order valence-corrected chi connectivity index (χ4v) is 6.81. The van der Waals surface area contributed by atoms with Gasteiger partial charge >= 0.3 is 0 Å². The van der Waals surface area contributed by atoms with E-state index in [0.29, 0.717) is 39.2 Å². The van der Waals surface area contributed by atoms with E-state index in [-0.39, 0.29) is 11.8 Å². The van der Waals surface area contributed by atoms with Crippen LogP contribution in [0.4, 0.5) is 33.2 Å². The molecular formula is C29H38ClFN7OP. The molecule has 2 aliphatic heterocycles. The lowest BCUT2D eigenvalue weighted by atomic mass is 10.0. The number of benzene rings is 2. The smallest absolute Gasteiger partial charge is 0.229 e. The van der Waals surface area contributed by atoms with Gasteiger partial charge in [-0.25, -0.2) is 9.37 Å². The summed E-state index contributed by atoms with van der Waals surface area (Å²) in [5.41, 5.74) is 2.80. The number of rotatable bonds is 7. The zero-order valence-electron chi connectivity index (χ0n) is 23.6. The number of aryl methyl sites for hydroxylation is 1. The number of nitrogens with zero attached hydrogens (tertiary/aromatic N) is 5. The fraction of sp³-hybridized carbons (Fsp3) is 0.448. The Kier molecular flexibility index (Phi) is 8.66. The Labute approximate surface area is 241 Å². The van der Waals surface area contributed by atoms with Crippen LogP contribution in [0.5, 0.6) is 0 Å². The Bertz CT molecular complexity index is 1400. The summed E-state index contributed by atoms with van der Waals surface area (Å²) in [4.78, 5) is 16.0. The number of piperazine rings is 1. The number of anilines is 5. The highest BCUT2D eigenvalue weighted by Crippen LogP contribution is 2.39. The first-order valence-corrected chi connectivity index (χ1v) is 16.8. The molecule has 0 unspecified atom stereocenters. The molecule has 2 fully saturated rings. The molecule has 0 amide bonds. The molecule has 5 rings (SSSR count). The lowest BCUT2D eigenvalue weighted by Crippen LogP contribution is -2.52. The van der Waals surface area contributed by atoms with E-state index >= 15 is 4.39 Å². The topological polar surface area (TPSA) is 76.6 Å². The molecule has 1 aromatic heterocycles. The molecule has 0 saturated carbocycles. The number of nitrogens with one attached hydrogen (secondary N) is 2. The molecule has 0 aliphatic carbocycles. The average Bonchev–Trinajstić information content (AvgIpc) is 2.93. The van der Waals surface area contributed by atoms with Crippen molar-refractivity contribution in [3.05, 3.63) is 59.0 Å². The van der Waals surface area contributed by atoms with Gasteiger partial charge in [0.25, 0.3) is 0 Å². The minimum atomic E-state index is -2.53. The number of hydrogen-bond donors (Lipinski definition) is 2. The summed E-state index contributed by atoms with van der Waals surface area (Å²) in [6.07, 6.45) is 3.58. The summed E-state index contributed by atoms with van der Waals surface area (Å²) in [6.45, 7) is 11.5. The van der Waals surface area contributed by atoms with Gasteiger partial charge in [-0.2, -0.15) is 4.98 Å². The molecule has 214 valence electrons. The molecule has 2 aliphatic rings. The zero-order valence-corrected chi connectivity index (χ0v) is 25.3. The van der Waals surface area contributed by atoms with Crippen LogP contribution in [0.2, 0.25) is 5.02 Å². The molecule has 0 spiro atoms. The van der Waals surface area contributed by atoms with Crippen molar-refractivity contribution in [2.45, 2.75) is 25.8 Å². The number of halogens is 2. The summed E-state index contributed by atoms with van der Waals surface area (Å²) in [7, 11) is -0.354. The molecule has 3 aromatic rings. The maximum absolute atomic E-state index is 15.4. The van der Waals surface area contributed by atoms with Crippen LogP contribution in [0.25, 0.3) is 0 Å². The van der Waals surface area contributed by atoms with Gasteiger partial charge in [-0.15, -0.1) is 0 Å². The van der Waals surface area contributed by atoms with Crippen molar-refractivity contribution in [2.24, 2.45) is 0 Å². The second kappa shape index (κ2) is 12.0. The highest BCUT2D eigenvalue weighted by molar-refractivity contribution is 7.70. The Hall–Kier alpha value is -2.71. The van der Waals surface area contributed by atoms with Crippen molar-refractivity contribution in [1.29, 1.82) is 0 Å². The molecule has 2 aromatic carbocycles. The van der Waals surface area contributed by atoms with Crippen molar-refractivity contribution in [3.63, 3.8) is 0 Å². The number of para-hydroxylation sites is 1. The molecule has 40 heavy (non-hydrogen) atoms. The second-order valence-electron chi connectivity index (χ2n) is 11.2. The van der Waals surface area contributed by atoms with Gasteiger partial charge in [0.05, 0.1) is 17.6 Å². The number of piperidine rings is 1. The van der Waals surface area contributed by atoms with Gasteiger partial charge in [-0.05, 0) is 70.0 Å². The van der Waals surface area contributed by atoms with Crippen molar-refractivity contribution < 1.29 is 8.96 Å². The Morgan fingerprint density at radius 3 is 2.40 bits per heavy atom.